The zero-order valence-corrected chi connectivity index (χ0v) is 13.9. The summed E-state index contributed by atoms with van der Waals surface area (Å²) in [4.78, 5) is 13.9. The highest BCUT2D eigenvalue weighted by atomic mass is 79.9. The summed E-state index contributed by atoms with van der Waals surface area (Å²) in [6.07, 6.45) is 2.69. The Hall–Kier alpha value is -1.07. The first-order chi connectivity index (χ1) is 10.0. The van der Waals surface area contributed by atoms with Crippen LogP contribution >= 0.6 is 15.9 Å². The maximum absolute atomic E-state index is 11.5. The number of carbonyl (C=O) groups is 1. The van der Waals surface area contributed by atoms with Gasteiger partial charge in [0, 0.05) is 36.1 Å². The van der Waals surface area contributed by atoms with Crippen molar-refractivity contribution in [3.8, 4) is 0 Å². The van der Waals surface area contributed by atoms with Crippen molar-refractivity contribution in [1.82, 2.24) is 5.32 Å². The highest BCUT2D eigenvalue weighted by Crippen LogP contribution is 2.34. The molecule has 1 amide bonds. The molecule has 2 heterocycles. The first kappa shape index (κ1) is 14.9. The molecule has 2 fully saturated rings. The standard InChI is InChI=1S/C16H22BrN3O/c1-10(18)11-2-4-15(13(17)8-11)20-7-6-14-12(9-20)3-5-16(21)19-14/h2,4,8,10,12,14H,3,5-7,9,18H2,1H3,(H,19,21)/t10-,12?,14?/m0/s1. The molecule has 5 heteroatoms. The molecule has 3 atom stereocenters. The van der Waals surface area contributed by atoms with Gasteiger partial charge < -0.3 is 16.0 Å². The fourth-order valence-electron chi connectivity index (χ4n) is 3.39. The van der Waals surface area contributed by atoms with Gasteiger partial charge >= 0.3 is 0 Å². The van der Waals surface area contributed by atoms with E-state index in [9.17, 15) is 4.79 Å². The number of hydrogen-bond donors (Lipinski definition) is 2. The minimum absolute atomic E-state index is 0.0506. The fraction of sp³-hybridized carbons (Fsp3) is 0.562. The van der Waals surface area contributed by atoms with E-state index in [1.165, 1.54) is 5.69 Å². The van der Waals surface area contributed by atoms with E-state index in [0.717, 1.165) is 36.0 Å². The summed E-state index contributed by atoms with van der Waals surface area (Å²) in [6, 6.07) is 6.80. The third-order valence-corrected chi connectivity index (χ3v) is 5.30. The maximum atomic E-state index is 11.5. The fourth-order valence-corrected chi connectivity index (χ4v) is 4.04. The highest BCUT2D eigenvalue weighted by molar-refractivity contribution is 9.10. The summed E-state index contributed by atoms with van der Waals surface area (Å²) in [5.41, 5.74) is 8.31. The third kappa shape index (κ3) is 3.09. The van der Waals surface area contributed by atoms with E-state index in [2.05, 4.69) is 44.3 Å². The predicted octanol–water partition coefficient (Wildman–Crippen LogP) is 2.57. The summed E-state index contributed by atoms with van der Waals surface area (Å²) in [6.45, 7) is 4.00. The van der Waals surface area contributed by atoms with Gasteiger partial charge in [0.1, 0.15) is 0 Å². The lowest BCUT2D eigenvalue weighted by atomic mass is 9.85. The van der Waals surface area contributed by atoms with Crippen molar-refractivity contribution in [1.29, 1.82) is 0 Å². The molecule has 0 aliphatic carbocycles. The molecule has 3 N–H and O–H groups in total. The molecule has 2 aliphatic rings. The molecule has 0 radical (unpaired) electrons. The molecule has 2 saturated heterocycles. The molecule has 0 aromatic heterocycles. The summed E-state index contributed by atoms with van der Waals surface area (Å²) < 4.78 is 1.11. The van der Waals surface area contributed by atoms with Crippen molar-refractivity contribution >= 4 is 27.5 Å². The largest absolute Gasteiger partial charge is 0.370 e. The number of fused-ring (bicyclic) bond motifs is 1. The van der Waals surface area contributed by atoms with Crippen molar-refractivity contribution in [2.24, 2.45) is 11.7 Å². The van der Waals surface area contributed by atoms with Crippen LogP contribution < -0.4 is 16.0 Å². The third-order valence-electron chi connectivity index (χ3n) is 4.66. The van der Waals surface area contributed by atoms with Gasteiger partial charge in [0.15, 0.2) is 0 Å². The topological polar surface area (TPSA) is 58.4 Å². The van der Waals surface area contributed by atoms with Crippen molar-refractivity contribution < 1.29 is 4.79 Å². The molecule has 4 nitrogen and oxygen atoms in total. The number of benzene rings is 1. The average molecular weight is 352 g/mol. The molecular formula is C16H22BrN3O. The number of halogens is 1. The number of piperidine rings is 2. The van der Waals surface area contributed by atoms with Crippen LogP contribution in [-0.4, -0.2) is 25.0 Å². The quantitative estimate of drug-likeness (QED) is 0.860. The van der Waals surface area contributed by atoms with Crippen LogP contribution in [0.5, 0.6) is 0 Å². The van der Waals surface area contributed by atoms with Crippen LogP contribution in [0.3, 0.4) is 0 Å². The number of hydrogen-bond acceptors (Lipinski definition) is 3. The van der Waals surface area contributed by atoms with E-state index >= 15 is 0 Å². The van der Waals surface area contributed by atoms with Gasteiger partial charge in [-0.2, -0.15) is 0 Å². The maximum Gasteiger partial charge on any atom is 0.220 e. The first-order valence-electron chi connectivity index (χ1n) is 7.64. The minimum Gasteiger partial charge on any atom is -0.370 e. The van der Waals surface area contributed by atoms with Crippen LogP contribution in [0.2, 0.25) is 0 Å². The van der Waals surface area contributed by atoms with E-state index in [4.69, 9.17) is 5.73 Å². The summed E-state index contributed by atoms with van der Waals surface area (Å²) in [5, 5.41) is 3.14. The van der Waals surface area contributed by atoms with Gasteiger partial charge in [0.05, 0.1) is 5.69 Å². The van der Waals surface area contributed by atoms with Crippen LogP contribution in [0.25, 0.3) is 0 Å². The molecule has 1 aromatic rings. The monoisotopic (exact) mass is 351 g/mol. The zero-order chi connectivity index (χ0) is 15.0. The van der Waals surface area contributed by atoms with Gasteiger partial charge in [0.25, 0.3) is 0 Å². The smallest absolute Gasteiger partial charge is 0.220 e. The highest BCUT2D eigenvalue weighted by Gasteiger charge is 2.34. The number of carbonyl (C=O) groups excluding carboxylic acids is 1. The second kappa shape index (κ2) is 5.97. The van der Waals surface area contributed by atoms with E-state index in [1.54, 1.807) is 0 Å². The number of rotatable bonds is 2. The summed E-state index contributed by atoms with van der Waals surface area (Å²) >= 11 is 3.68. The second-order valence-corrected chi connectivity index (χ2v) is 7.06. The first-order valence-corrected chi connectivity index (χ1v) is 8.43. The Morgan fingerprint density at radius 2 is 2.24 bits per heavy atom. The molecule has 114 valence electrons. The molecule has 2 aliphatic heterocycles. The predicted molar refractivity (Wildman–Crippen MR) is 88.2 cm³/mol. The van der Waals surface area contributed by atoms with Crippen molar-refractivity contribution in [2.75, 3.05) is 18.0 Å². The van der Waals surface area contributed by atoms with E-state index in [1.807, 2.05) is 6.92 Å². The number of amides is 1. The number of nitrogens with two attached hydrogens (primary N) is 1. The molecule has 0 saturated carbocycles. The van der Waals surface area contributed by atoms with E-state index < -0.39 is 0 Å². The Bertz CT molecular complexity index is 546. The van der Waals surface area contributed by atoms with Crippen LogP contribution in [0.15, 0.2) is 22.7 Å². The van der Waals surface area contributed by atoms with Gasteiger partial charge in [-0.05, 0) is 59.3 Å². The average Bonchev–Trinajstić information content (AvgIpc) is 2.46. The van der Waals surface area contributed by atoms with Gasteiger partial charge in [-0.1, -0.05) is 6.07 Å². The van der Waals surface area contributed by atoms with Gasteiger partial charge in [0.2, 0.25) is 5.91 Å². The normalized spacial score (nSPS) is 27.0. The molecule has 2 unspecified atom stereocenters. The van der Waals surface area contributed by atoms with Crippen molar-refractivity contribution in [3.63, 3.8) is 0 Å². The number of nitrogens with one attached hydrogen (secondary N) is 1. The van der Waals surface area contributed by atoms with Crippen molar-refractivity contribution in [2.45, 2.75) is 38.3 Å². The SMILES string of the molecule is C[C@H](N)c1ccc(N2CCC3NC(=O)CCC3C2)c(Br)c1. The molecule has 0 spiro atoms. The van der Waals surface area contributed by atoms with Crippen molar-refractivity contribution in [3.05, 3.63) is 28.2 Å². The number of nitrogens with zero attached hydrogens (tertiary/aromatic N) is 1. The lowest BCUT2D eigenvalue weighted by Gasteiger charge is -2.42. The van der Waals surface area contributed by atoms with Gasteiger partial charge in [-0.25, -0.2) is 0 Å². The van der Waals surface area contributed by atoms with Crippen LogP contribution in [0.4, 0.5) is 5.69 Å². The summed E-state index contributed by atoms with van der Waals surface area (Å²) in [5.74, 6) is 0.781. The lowest BCUT2D eigenvalue weighted by molar-refractivity contribution is -0.124. The molecule has 0 bridgehead atoms. The van der Waals surface area contributed by atoms with Crippen LogP contribution in [0.1, 0.15) is 37.8 Å². The van der Waals surface area contributed by atoms with E-state index in [-0.39, 0.29) is 11.9 Å². The molecule has 3 rings (SSSR count). The van der Waals surface area contributed by atoms with Crippen LogP contribution in [0, 0.1) is 5.92 Å². The molecule has 1 aromatic carbocycles. The Labute approximate surface area is 134 Å². The Kier molecular flexibility index (Phi) is 4.22. The van der Waals surface area contributed by atoms with E-state index in [0.29, 0.717) is 18.4 Å². The molecule has 21 heavy (non-hydrogen) atoms. The van der Waals surface area contributed by atoms with Gasteiger partial charge in [-0.3, -0.25) is 4.79 Å². The Morgan fingerprint density at radius 3 is 2.95 bits per heavy atom. The zero-order valence-electron chi connectivity index (χ0n) is 12.3. The van der Waals surface area contributed by atoms with Gasteiger partial charge in [-0.15, -0.1) is 0 Å². The Morgan fingerprint density at radius 1 is 1.43 bits per heavy atom. The lowest BCUT2D eigenvalue weighted by Crippen LogP contribution is -2.54. The second-order valence-electron chi connectivity index (χ2n) is 6.21. The minimum atomic E-state index is 0.0506. The Balaban J connectivity index is 1.75. The molecular weight excluding hydrogens is 330 g/mol. The number of anilines is 1. The summed E-state index contributed by atoms with van der Waals surface area (Å²) in [7, 11) is 0. The van der Waals surface area contributed by atoms with Crippen LogP contribution in [-0.2, 0) is 4.79 Å².